The van der Waals surface area contributed by atoms with Crippen LogP contribution in [0.15, 0.2) is 36.5 Å². The van der Waals surface area contributed by atoms with Crippen LogP contribution in [0.2, 0.25) is 0 Å². The summed E-state index contributed by atoms with van der Waals surface area (Å²) in [6.07, 6.45) is 4.48. The number of ether oxygens (including phenoxy) is 2. The molecule has 0 spiro atoms. The van der Waals surface area contributed by atoms with Crippen LogP contribution in [0.25, 0.3) is 33.3 Å². The number of methoxy groups -OCH3 is 1. The molecule has 3 heterocycles. The van der Waals surface area contributed by atoms with Crippen molar-refractivity contribution >= 4 is 33.8 Å². The molecule has 10 heteroatoms. The van der Waals surface area contributed by atoms with Gasteiger partial charge in [0.1, 0.15) is 11.6 Å². The lowest BCUT2D eigenvalue weighted by Crippen LogP contribution is -2.27. The van der Waals surface area contributed by atoms with E-state index >= 15 is 0 Å². The van der Waals surface area contributed by atoms with Gasteiger partial charge in [0.15, 0.2) is 6.23 Å². The first-order valence-electron chi connectivity index (χ1n) is 13.3. The fourth-order valence-corrected chi connectivity index (χ4v) is 5.41. The Labute approximate surface area is 226 Å². The lowest BCUT2D eigenvalue weighted by molar-refractivity contribution is -0.138. The summed E-state index contributed by atoms with van der Waals surface area (Å²) >= 11 is 0. The third-order valence-electron chi connectivity index (χ3n) is 7.44. The number of carbonyl (C=O) groups is 2. The summed E-state index contributed by atoms with van der Waals surface area (Å²) in [4.78, 5) is 29.6. The van der Waals surface area contributed by atoms with E-state index in [0.717, 1.165) is 35.7 Å². The minimum atomic E-state index is -0.911. The maximum absolute atomic E-state index is 12.5. The third-order valence-corrected chi connectivity index (χ3v) is 7.44. The van der Waals surface area contributed by atoms with Crippen LogP contribution in [-0.4, -0.2) is 57.1 Å². The number of fused-ring (bicyclic) bond motifs is 2. The summed E-state index contributed by atoms with van der Waals surface area (Å²) in [6.45, 7) is 6.73. The van der Waals surface area contributed by atoms with Gasteiger partial charge >= 0.3 is 5.97 Å². The first-order chi connectivity index (χ1) is 18.6. The van der Waals surface area contributed by atoms with Crippen LogP contribution < -0.4 is 10.1 Å². The van der Waals surface area contributed by atoms with Crippen molar-refractivity contribution in [1.29, 1.82) is 0 Å². The monoisotopic (exact) mass is 533 g/mol. The molecule has 1 aliphatic heterocycles. The summed E-state index contributed by atoms with van der Waals surface area (Å²) < 4.78 is 15.7. The number of rotatable bonds is 7. The first kappa shape index (κ1) is 26.7. The van der Waals surface area contributed by atoms with Crippen LogP contribution in [0, 0.1) is 5.41 Å². The van der Waals surface area contributed by atoms with E-state index in [-0.39, 0.29) is 18.6 Å². The zero-order chi connectivity index (χ0) is 27.9. The van der Waals surface area contributed by atoms with Crippen LogP contribution in [-0.2, 0) is 9.53 Å². The molecule has 2 N–H and O–H groups in total. The van der Waals surface area contributed by atoms with Crippen molar-refractivity contribution in [1.82, 2.24) is 24.6 Å². The standard InChI is InChI=1S/C29H35N5O5/c1-29(2,3)24(15-26(35)36)33-22-12-17(28(37)30-4)9-10-20(22)32-27(33)18-13-21-19(23(14-18)38-5)16-31-34(21)25-8-6-7-11-39-25/h9-10,12-14,16,24-25H,6-8,11,15H2,1-5H3,(H,30,37)(H,35,36). The number of aliphatic carboxylic acids is 1. The van der Waals surface area contributed by atoms with E-state index in [1.807, 2.05) is 42.2 Å². The molecule has 5 rings (SSSR count). The molecule has 2 aromatic heterocycles. The van der Waals surface area contributed by atoms with Crippen LogP contribution in [0.1, 0.15) is 69.1 Å². The number of nitrogens with zero attached hydrogens (tertiary/aromatic N) is 4. The SMILES string of the molecule is CNC(=O)c1ccc2nc(-c3cc(OC)c4cnn(C5CCCCO5)c4c3)n(C(CC(=O)O)C(C)(C)C)c2c1. The first-order valence-corrected chi connectivity index (χ1v) is 13.3. The van der Waals surface area contributed by atoms with E-state index in [0.29, 0.717) is 34.8 Å². The summed E-state index contributed by atoms with van der Waals surface area (Å²) in [7, 11) is 3.20. The minimum absolute atomic E-state index is 0.112. The number of carboxylic acid groups (broad SMARTS) is 1. The van der Waals surface area contributed by atoms with Gasteiger partial charge < -0.3 is 24.5 Å². The average molecular weight is 534 g/mol. The number of imidazole rings is 1. The van der Waals surface area contributed by atoms with E-state index in [9.17, 15) is 14.7 Å². The molecule has 0 radical (unpaired) electrons. The Morgan fingerprint density at radius 3 is 2.64 bits per heavy atom. The van der Waals surface area contributed by atoms with Gasteiger partial charge in [-0.15, -0.1) is 0 Å². The molecule has 206 valence electrons. The Morgan fingerprint density at radius 1 is 1.21 bits per heavy atom. The molecule has 0 saturated carbocycles. The Kier molecular flexibility index (Phi) is 7.07. The summed E-state index contributed by atoms with van der Waals surface area (Å²) in [6, 6.07) is 8.78. The van der Waals surface area contributed by atoms with Crippen molar-refractivity contribution in [2.24, 2.45) is 5.41 Å². The molecule has 2 atom stereocenters. The lowest BCUT2D eigenvalue weighted by Gasteiger charge is -2.32. The number of amides is 1. The second-order valence-corrected chi connectivity index (χ2v) is 11.1. The van der Waals surface area contributed by atoms with Crippen LogP contribution >= 0.6 is 0 Å². The van der Waals surface area contributed by atoms with Crippen molar-refractivity contribution in [3.05, 3.63) is 42.1 Å². The lowest BCUT2D eigenvalue weighted by atomic mass is 9.84. The Bertz CT molecular complexity index is 1540. The van der Waals surface area contributed by atoms with E-state index < -0.39 is 17.4 Å². The van der Waals surface area contributed by atoms with E-state index in [1.54, 1.807) is 38.6 Å². The Hall–Kier alpha value is -3.92. The van der Waals surface area contributed by atoms with Gasteiger partial charge in [-0.3, -0.25) is 9.59 Å². The number of nitrogens with one attached hydrogen (secondary N) is 1. The van der Waals surface area contributed by atoms with Crippen LogP contribution in [0.3, 0.4) is 0 Å². The molecule has 0 aliphatic carbocycles. The highest BCUT2D eigenvalue weighted by molar-refractivity contribution is 5.98. The molecule has 2 unspecified atom stereocenters. The molecular formula is C29H35N5O5. The van der Waals surface area contributed by atoms with Gasteiger partial charge in [0.25, 0.3) is 5.91 Å². The van der Waals surface area contributed by atoms with Gasteiger partial charge in [0.2, 0.25) is 0 Å². The molecule has 1 amide bonds. The number of hydrogen-bond acceptors (Lipinski definition) is 6. The van der Waals surface area contributed by atoms with Crippen LogP contribution in [0.4, 0.5) is 0 Å². The molecular weight excluding hydrogens is 498 g/mol. The van der Waals surface area contributed by atoms with E-state index in [2.05, 4.69) is 10.4 Å². The fraction of sp³-hybridized carbons (Fsp3) is 0.448. The van der Waals surface area contributed by atoms with Crippen LogP contribution in [0.5, 0.6) is 5.75 Å². The smallest absolute Gasteiger partial charge is 0.305 e. The minimum Gasteiger partial charge on any atom is -0.496 e. The quantitative estimate of drug-likeness (QED) is 0.336. The van der Waals surface area contributed by atoms with Gasteiger partial charge in [-0.05, 0) is 55.0 Å². The predicted molar refractivity (Wildman–Crippen MR) is 148 cm³/mol. The van der Waals surface area contributed by atoms with Gasteiger partial charge in [0, 0.05) is 24.8 Å². The van der Waals surface area contributed by atoms with Gasteiger partial charge in [-0.25, -0.2) is 9.67 Å². The highest BCUT2D eigenvalue weighted by Gasteiger charge is 2.33. The topological polar surface area (TPSA) is 120 Å². The molecule has 1 aliphatic rings. The second-order valence-electron chi connectivity index (χ2n) is 11.1. The molecule has 0 bridgehead atoms. The molecule has 1 fully saturated rings. The van der Waals surface area contributed by atoms with Gasteiger partial charge in [0.05, 0.1) is 47.7 Å². The highest BCUT2D eigenvalue weighted by atomic mass is 16.5. The molecule has 1 saturated heterocycles. The largest absolute Gasteiger partial charge is 0.496 e. The number of carbonyl (C=O) groups excluding carboxylic acids is 1. The molecule has 4 aromatic rings. The summed E-state index contributed by atoms with van der Waals surface area (Å²) in [5, 5.41) is 18.1. The summed E-state index contributed by atoms with van der Waals surface area (Å²) in [5.74, 6) is 0.0967. The van der Waals surface area contributed by atoms with Crippen molar-refractivity contribution in [3.8, 4) is 17.1 Å². The van der Waals surface area contributed by atoms with Crippen molar-refractivity contribution < 1.29 is 24.2 Å². The van der Waals surface area contributed by atoms with Crippen molar-refractivity contribution in [3.63, 3.8) is 0 Å². The second kappa shape index (κ2) is 10.3. The third kappa shape index (κ3) is 4.96. The number of aromatic nitrogens is 4. The number of carboxylic acids is 1. The van der Waals surface area contributed by atoms with E-state index in [1.165, 1.54) is 0 Å². The maximum atomic E-state index is 12.5. The number of benzene rings is 2. The highest BCUT2D eigenvalue weighted by Crippen LogP contribution is 2.42. The van der Waals surface area contributed by atoms with Crippen molar-refractivity contribution in [2.75, 3.05) is 20.8 Å². The molecule has 39 heavy (non-hydrogen) atoms. The fourth-order valence-electron chi connectivity index (χ4n) is 5.41. The predicted octanol–water partition coefficient (Wildman–Crippen LogP) is 5.18. The van der Waals surface area contributed by atoms with Gasteiger partial charge in [-0.1, -0.05) is 20.8 Å². The Morgan fingerprint density at radius 2 is 2.00 bits per heavy atom. The zero-order valence-electron chi connectivity index (χ0n) is 23.0. The molecule has 10 nitrogen and oxygen atoms in total. The maximum Gasteiger partial charge on any atom is 0.305 e. The van der Waals surface area contributed by atoms with Gasteiger partial charge in [-0.2, -0.15) is 5.10 Å². The Balaban J connectivity index is 1.79. The van der Waals surface area contributed by atoms with Crippen molar-refractivity contribution in [2.45, 2.75) is 58.7 Å². The van der Waals surface area contributed by atoms with E-state index in [4.69, 9.17) is 14.5 Å². The average Bonchev–Trinajstić information content (AvgIpc) is 3.51. The normalized spacial score (nSPS) is 16.9. The summed E-state index contributed by atoms with van der Waals surface area (Å²) in [5.41, 5.74) is 3.01. The zero-order valence-corrected chi connectivity index (χ0v) is 23.0. The number of hydrogen-bond donors (Lipinski definition) is 2. The molecule has 2 aromatic carbocycles.